The monoisotopic (exact) mass is 779 g/mol. The fraction of sp³-hybridized carbons (Fsp3) is 0.158. The van der Waals surface area contributed by atoms with Crippen LogP contribution in [0, 0.1) is 13.8 Å². The summed E-state index contributed by atoms with van der Waals surface area (Å²) in [5.41, 5.74) is 18.4. The molecule has 10 aromatic rings. The molecule has 0 spiro atoms. The molecule has 2 heterocycles. The molecule has 0 amide bonds. The van der Waals surface area contributed by atoms with Crippen LogP contribution in [0.25, 0.3) is 81.0 Å². The van der Waals surface area contributed by atoms with Crippen LogP contribution in [0.15, 0.2) is 170 Å². The lowest BCUT2D eigenvalue weighted by atomic mass is 9.82. The Balaban J connectivity index is 0.000000547. The fourth-order valence-corrected chi connectivity index (χ4v) is 10.7. The molecule has 0 radical (unpaired) electrons. The molecular weight excluding hydrogens is 731 g/mol. The molecule has 0 fully saturated rings. The van der Waals surface area contributed by atoms with E-state index in [1.54, 1.807) is 0 Å². The topological polar surface area (TPSA) is 4.93 Å². The van der Waals surface area contributed by atoms with Crippen molar-refractivity contribution in [3.63, 3.8) is 0 Å². The summed E-state index contributed by atoms with van der Waals surface area (Å²) >= 11 is 1.90. The van der Waals surface area contributed by atoms with Gasteiger partial charge < -0.3 is 4.57 Å². The van der Waals surface area contributed by atoms with E-state index >= 15 is 0 Å². The first-order valence-corrected chi connectivity index (χ1v) is 21.9. The highest BCUT2D eigenvalue weighted by molar-refractivity contribution is 7.26. The Morgan fingerprint density at radius 2 is 1.24 bits per heavy atom. The standard InChI is InChI=1S/C50H41NS.C7H8/c1-6-30(2)36-22-19-32(27-40(36)35-14-8-7-13-31(35)3)33-20-25-45-41(28-33)37-15-9-11-17-44(37)51(45)34-21-23-38-43(29-34)50(4,5)42-24-26-47-49(48(38)42)39-16-10-12-18-46(39)52-47;1-7-5-3-2-4-6-7/h7-30H,6H2,1-5H3;2-6H,1H3. The molecule has 0 bridgehead atoms. The van der Waals surface area contributed by atoms with E-state index < -0.39 is 0 Å². The van der Waals surface area contributed by atoms with Crippen molar-refractivity contribution in [1.29, 1.82) is 0 Å². The molecule has 288 valence electrons. The zero-order valence-electron chi connectivity index (χ0n) is 34.8. The SMILES string of the molecule is CCC(C)c1ccc(-c2ccc3c(c2)c2ccccc2n3-c2ccc3c(c2)C(C)(C)c2ccc4sc5ccccc5c4c2-3)cc1-c1ccccc1C.Cc1ccccc1. The number of aromatic nitrogens is 1. The van der Waals surface area contributed by atoms with Gasteiger partial charge in [-0.3, -0.25) is 0 Å². The second-order valence-corrected chi connectivity index (χ2v) is 18.1. The predicted octanol–water partition coefficient (Wildman–Crippen LogP) is 16.6. The fourth-order valence-electron chi connectivity index (χ4n) is 9.63. The van der Waals surface area contributed by atoms with Crippen LogP contribution >= 0.6 is 11.3 Å². The lowest BCUT2D eigenvalue weighted by Crippen LogP contribution is -2.15. The summed E-state index contributed by atoms with van der Waals surface area (Å²) in [5.74, 6) is 0.491. The summed E-state index contributed by atoms with van der Waals surface area (Å²) in [5, 5.41) is 5.34. The summed E-state index contributed by atoms with van der Waals surface area (Å²) in [4.78, 5) is 0. The van der Waals surface area contributed by atoms with Gasteiger partial charge in [-0.25, -0.2) is 0 Å². The number of hydrogen-bond donors (Lipinski definition) is 0. The average molecular weight is 780 g/mol. The number of aryl methyl sites for hydroxylation is 2. The van der Waals surface area contributed by atoms with E-state index in [1.807, 2.05) is 29.5 Å². The first-order chi connectivity index (χ1) is 28.7. The van der Waals surface area contributed by atoms with Gasteiger partial charge in [0.15, 0.2) is 0 Å². The molecule has 11 rings (SSSR count). The van der Waals surface area contributed by atoms with Gasteiger partial charge in [-0.2, -0.15) is 0 Å². The zero-order valence-corrected chi connectivity index (χ0v) is 35.6. The summed E-state index contributed by atoms with van der Waals surface area (Å²) in [6, 6.07) is 63.0. The second kappa shape index (κ2) is 14.6. The Morgan fingerprint density at radius 3 is 2.02 bits per heavy atom. The molecule has 0 saturated heterocycles. The number of para-hydroxylation sites is 1. The summed E-state index contributed by atoms with van der Waals surface area (Å²) in [6.07, 6.45) is 1.12. The first kappa shape index (κ1) is 37.1. The van der Waals surface area contributed by atoms with Gasteiger partial charge in [-0.05, 0) is 130 Å². The third-order valence-corrected chi connectivity index (χ3v) is 14.1. The molecule has 1 nitrogen and oxygen atoms in total. The van der Waals surface area contributed by atoms with Crippen molar-refractivity contribution >= 4 is 53.3 Å². The Hall–Kier alpha value is -6.22. The molecule has 1 unspecified atom stereocenters. The van der Waals surface area contributed by atoms with Crippen LogP contribution < -0.4 is 0 Å². The molecule has 2 aromatic heterocycles. The smallest absolute Gasteiger partial charge is 0.0541 e. The minimum absolute atomic E-state index is 0.111. The highest BCUT2D eigenvalue weighted by Gasteiger charge is 2.37. The van der Waals surface area contributed by atoms with Crippen LogP contribution in [0.3, 0.4) is 0 Å². The van der Waals surface area contributed by atoms with Crippen molar-refractivity contribution < 1.29 is 0 Å². The van der Waals surface area contributed by atoms with Crippen LogP contribution in [0.1, 0.15) is 67.9 Å². The highest BCUT2D eigenvalue weighted by atomic mass is 32.1. The van der Waals surface area contributed by atoms with Gasteiger partial charge in [-0.1, -0.05) is 155 Å². The van der Waals surface area contributed by atoms with Crippen LogP contribution in [0.2, 0.25) is 0 Å². The molecule has 59 heavy (non-hydrogen) atoms. The minimum atomic E-state index is -0.111. The van der Waals surface area contributed by atoms with Gasteiger partial charge in [0.1, 0.15) is 0 Å². The van der Waals surface area contributed by atoms with Gasteiger partial charge in [-0.15, -0.1) is 11.3 Å². The van der Waals surface area contributed by atoms with Crippen molar-refractivity contribution in [1.82, 2.24) is 4.57 Å². The number of benzene rings is 8. The molecule has 0 N–H and O–H groups in total. The van der Waals surface area contributed by atoms with E-state index in [2.05, 4.69) is 198 Å². The highest BCUT2D eigenvalue weighted by Crippen LogP contribution is 2.54. The molecule has 2 heteroatoms. The molecular formula is C57H49NS. The first-order valence-electron chi connectivity index (χ1n) is 21.1. The Bertz CT molecular complexity index is 3210. The third kappa shape index (κ3) is 6.12. The Morgan fingerprint density at radius 1 is 0.542 bits per heavy atom. The van der Waals surface area contributed by atoms with Crippen LogP contribution in [0.5, 0.6) is 0 Å². The average Bonchev–Trinajstić information content (AvgIpc) is 3.88. The minimum Gasteiger partial charge on any atom is -0.309 e. The lowest BCUT2D eigenvalue weighted by Gasteiger charge is -2.22. The van der Waals surface area contributed by atoms with Gasteiger partial charge >= 0.3 is 0 Å². The lowest BCUT2D eigenvalue weighted by molar-refractivity contribution is 0.660. The molecule has 1 aliphatic carbocycles. The van der Waals surface area contributed by atoms with Crippen LogP contribution in [-0.2, 0) is 5.41 Å². The number of thiophene rings is 1. The normalized spacial score (nSPS) is 13.4. The second-order valence-electron chi connectivity index (χ2n) is 17.0. The van der Waals surface area contributed by atoms with Crippen molar-refractivity contribution in [2.75, 3.05) is 0 Å². The maximum absolute atomic E-state index is 2.48. The zero-order chi connectivity index (χ0) is 40.4. The molecule has 0 saturated carbocycles. The number of fused-ring (bicyclic) bond motifs is 10. The number of nitrogens with zero attached hydrogens (tertiary/aromatic N) is 1. The summed E-state index contributed by atoms with van der Waals surface area (Å²) < 4.78 is 5.21. The Labute approximate surface area is 352 Å². The Kier molecular flexibility index (Phi) is 9.15. The van der Waals surface area contributed by atoms with E-state index in [4.69, 9.17) is 0 Å². The maximum atomic E-state index is 2.48. The summed E-state index contributed by atoms with van der Waals surface area (Å²) in [7, 11) is 0. The van der Waals surface area contributed by atoms with E-state index in [0.29, 0.717) is 5.92 Å². The van der Waals surface area contributed by atoms with Crippen LogP contribution in [-0.4, -0.2) is 4.57 Å². The van der Waals surface area contributed by atoms with Crippen LogP contribution in [0.4, 0.5) is 0 Å². The third-order valence-electron chi connectivity index (χ3n) is 13.0. The molecule has 8 aromatic carbocycles. The van der Waals surface area contributed by atoms with Crippen molar-refractivity contribution in [3.8, 4) is 39.1 Å². The van der Waals surface area contributed by atoms with Gasteiger partial charge in [0.2, 0.25) is 0 Å². The molecule has 1 atom stereocenters. The largest absolute Gasteiger partial charge is 0.309 e. The van der Waals surface area contributed by atoms with E-state index in [9.17, 15) is 0 Å². The molecule has 0 aliphatic heterocycles. The maximum Gasteiger partial charge on any atom is 0.0541 e. The van der Waals surface area contributed by atoms with Gasteiger partial charge in [0.05, 0.1) is 11.0 Å². The molecule has 1 aliphatic rings. The van der Waals surface area contributed by atoms with E-state index in [-0.39, 0.29) is 5.41 Å². The van der Waals surface area contributed by atoms with Crippen molar-refractivity contribution in [2.45, 2.75) is 59.3 Å². The van der Waals surface area contributed by atoms with Crippen molar-refractivity contribution in [2.24, 2.45) is 0 Å². The van der Waals surface area contributed by atoms with Crippen molar-refractivity contribution in [3.05, 3.63) is 198 Å². The van der Waals surface area contributed by atoms with E-state index in [1.165, 1.54) is 109 Å². The van der Waals surface area contributed by atoms with Gasteiger partial charge in [0, 0.05) is 42.0 Å². The predicted molar refractivity (Wildman–Crippen MR) is 257 cm³/mol. The quantitative estimate of drug-likeness (QED) is 0.164. The number of rotatable bonds is 5. The van der Waals surface area contributed by atoms with Gasteiger partial charge in [0.25, 0.3) is 0 Å². The number of hydrogen-bond acceptors (Lipinski definition) is 1. The van der Waals surface area contributed by atoms with E-state index in [0.717, 1.165) is 6.42 Å². The summed E-state index contributed by atoms with van der Waals surface area (Å²) in [6.45, 7) is 13.7.